The Balaban J connectivity index is 1.90. The van der Waals surface area contributed by atoms with Crippen LogP contribution in [-0.2, 0) is 11.2 Å². The number of nitrogens with zero attached hydrogens (tertiary/aromatic N) is 3. The third-order valence-electron chi connectivity index (χ3n) is 4.24. The average molecular weight is 347 g/mol. The van der Waals surface area contributed by atoms with E-state index in [2.05, 4.69) is 10.1 Å². The molecule has 1 amide bonds. The fraction of sp³-hybridized carbons (Fsp3) is 0.471. The molecule has 0 bridgehead atoms. The van der Waals surface area contributed by atoms with Crippen LogP contribution < -0.4 is 19.1 Å². The number of hydrogen-bond acceptors (Lipinski definition) is 7. The fourth-order valence-corrected chi connectivity index (χ4v) is 2.92. The van der Waals surface area contributed by atoms with Crippen LogP contribution in [0.25, 0.3) is 0 Å². The van der Waals surface area contributed by atoms with E-state index in [1.165, 1.54) is 7.11 Å². The molecule has 0 spiro atoms. The molecule has 1 aliphatic heterocycles. The highest BCUT2D eigenvalue weighted by Crippen LogP contribution is 2.42. The van der Waals surface area contributed by atoms with Gasteiger partial charge in [0.25, 0.3) is 0 Å². The van der Waals surface area contributed by atoms with Crippen LogP contribution in [0.5, 0.6) is 17.2 Å². The van der Waals surface area contributed by atoms with Crippen LogP contribution in [0.3, 0.4) is 0 Å². The van der Waals surface area contributed by atoms with Gasteiger partial charge in [0.2, 0.25) is 17.5 Å². The predicted octanol–water partition coefficient (Wildman–Crippen LogP) is 2.18. The summed E-state index contributed by atoms with van der Waals surface area (Å²) in [6.07, 6.45) is 1.02. The lowest BCUT2D eigenvalue weighted by atomic mass is 10.1. The highest BCUT2D eigenvalue weighted by Gasteiger charge is 2.35. The number of methoxy groups -OCH3 is 3. The monoisotopic (exact) mass is 347 g/mol. The number of carbonyl (C=O) groups excluding carboxylic acids is 1. The Morgan fingerprint density at radius 1 is 1.20 bits per heavy atom. The molecule has 1 atom stereocenters. The molecule has 25 heavy (non-hydrogen) atoms. The lowest BCUT2D eigenvalue weighted by Gasteiger charge is -2.20. The Morgan fingerprint density at radius 3 is 2.40 bits per heavy atom. The summed E-state index contributed by atoms with van der Waals surface area (Å²) in [5, 5.41) is 3.91. The van der Waals surface area contributed by atoms with Crippen molar-refractivity contribution < 1.29 is 23.5 Å². The van der Waals surface area contributed by atoms with Gasteiger partial charge >= 0.3 is 0 Å². The first kappa shape index (κ1) is 17.1. The van der Waals surface area contributed by atoms with Crippen LogP contribution in [0.1, 0.15) is 31.0 Å². The Labute approximate surface area is 145 Å². The first-order valence-corrected chi connectivity index (χ1v) is 8.04. The maximum Gasteiger partial charge on any atom is 0.232 e. The van der Waals surface area contributed by atoms with Crippen LogP contribution in [-0.4, -0.2) is 43.9 Å². The molecule has 0 radical (unpaired) electrons. The van der Waals surface area contributed by atoms with Crippen molar-refractivity contribution in [2.24, 2.45) is 0 Å². The fourth-order valence-electron chi connectivity index (χ4n) is 2.92. The number of anilines is 1. The summed E-state index contributed by atoms with van der Waals surface area (Å²) in [5.41, 5.74) is 0.678. The molecule has 1 aliphatic rings. The molecule has 3 rings (SSSR count). The number of hydrogen-bond donors (Lipinski definition) is 0. The first-order chi connectivity index (χ1) is 12.1. The largest absolute Gasteiger partial charge is 0.493 e. The molecule has 1 aromatic carbocycles. The Morgan fingerprint density at radius 2 is 1.88 bits per heavy atom. The number of benzene rings is 1. The third kappa shape index (κ3) is 3.11. The highest BCUT2D eigenvalue weighted by molar-refractivity contribution is 5.97. The van der Waals surface area contributed by atoms with Crippen LogP contribution in [0, 0.1) is 0 Å². The van der Waals surface area contributed by atoms with Crippen molar-refractivity contribution >= 4 is 11.6 Å². The Kier molecular flexibility index (Phi) is 4.78. The van der Waals surface area contributed by atoms with Crippen LogP contribution >= 0.6 is 0 Å². The molecule has 0 aliphatic carbocycles. The zero-order valence-corrected chi connectivity index (χ0v) is 14.7. The lowest BCUT2D eigenvalue weighted by molar-refractivity contribution is -0.117. The van der Waals surface area contributed by atoms with Crippen molar-refractivity contribution in [3.05, 3.63) is 23.8 Å². The SMILES string of the molecule is CCc1noc(C2CC(=O)N(c3cc(OC)c(OC)c(OC)c3)C2)n1. The van der Waals surface area contributed by atoms with E-state index in [9.17, 15) is 4.79 Å². The molecule has 0 saturated carbocycles. The molecule has 1 unspecified atom stereocenters. The summed E-state index contributed by atoms with van der Waals surface area (Å²) in [4.78, 5) is 18.5. The van der Waals surface area contributed by atoms with Crippen molar-refractivity contribution in [1.82, 2.24) is 10.1 Å². The van der Waals surface area contributed by atoms with Gasteiger partial charge in [0, 0.05) is 31.5 Å². The summed E-state index contributed by atoms with van der Waals surface area (Å²) in [7, 11) is 4.62. The molecule has 0 N–H and O–H groups in total. The summed E-state index contributed by atoms with van der Waals surface area (Å²) in [6.45, 7) is 2.42. The molecule has 2 heterocycles. The Bertz CT molecular complexity index is 748. The smallest absolute Gasteiger partial charge is 0.232 e. The number of rotatable bonds is 6. The third-order valence-corrected chi connectivity index (χ3v) is 4.24. The van der Waals surface area contributed by atoms with Gasteiger partial charge in [0.15, 0.2) is 17.3 Å². The average Bonchev–Trinajstić information content (AvgIpc) is 3.26. The number of carbonyl (C=O) groups is 1. The minimum Gasteiger partial charge on any atom is -0.493 e. The topological polar surface area (TPSA) is 86.9 Å². The van der Waals surface area contributed by atoms with E-state index in [-0.39, 0.29) is 11.8 Å². The van der Waals surface area contributed by atoms with E-state index in [0.717, 1.165) is 0 Å². The van der Waals surface area contributed by atoms with E-state index in [1.54, 1.807) is 31.3 Å². The van der Waals surface area contributed by atoms with Gasteiger partial charge < -0.3 is 23.6 Å². The normalized spacial score (nSPS) is 17.0. The minimum atomic E-state index is -0.126. The van der Waals surface area contributed by atoms with Gasteiger partial charge in [0.1, 0.15) is 0 Å². The lowest BCUT2D eigenvalue weighted by Crippen LogP contribution is -2.24. The van der Waals surface area contributed by atoms with Gasteiger partial charge in [-0.15, -0.1) is 0 Å². The summed E-state index contributed by atoms with van der Waals surface area (Å²) in [5.74, 6) is 2.49. The number of ether oxygens (including phenoxy) is 3. The second kappa shape index (κ2) is 7.00. The summed E-state index contributed by atoms with van der Waals surface area (Å²) >= 11 is 0. The van der Waals surface area contributed by atoms with Gasteiger partial charge in [-0.3, -0.25) is 4.79 Å². The molecular weight excluding hydrogens is 326 g/mol. The number of aromatic nitrogens is 2. The van der Waals surface area contributed by atoms with E-state index in [4.69, 9.17) is 18.7 Å². The second-order valence-corrected chi connectivity index (χ2v) is 5.69. The van der Waals surface area contributed by atoms with Crippen LogP contribution in [0.4, 0.5) is 5.69 Å². The molecule has 2 aromatic rings. The van der Waals surface area contributed by atoms with Crippen molar-refractivity contribution in [1.29, 1.82) is 0 Å². The standard InChI is InChI=1S/C17H21N3O5/c1-5-14-18-17(25-19-14)10-6-15(21)20(9-10)11-7-12(22-2)16(24-4)13(8-11)23-3/h7-8,10H,5-6,9H2,1-4H3. The molecular formula is C17H21N3O5. The Hall–Kier alpha value is -2.77. The molecule has 1 fully saturated rings. The van der Waals surface area contributed by atoms with Crippen molar-refractivity contribution in [2.75, 3.05) is 32.8 Å². The number of amides is 1. The van der Waals surface area contributed by atoms with Gasteiger partial charge in [-0.25, -0.2) is 0 Å². The molecule has 134 valence electrons. The van der Waals surface area contributed by atoms with E-state index < -0.39 is 0 Å². The van der Waals surface area contributed by atoms with E-state index in [1.807, 2.05) is 6.92 Å². The van der Waals surface area contributed by atoms with E-state index >= 15 is 0 Å². The molecule has 8 heteroatoms. The van der Waals surface area contributed by atoms with Crippen molar-refractivity contribution in [3.63, 3.8) is 0 Å². The maximum absolute atomic E-state index is 12.5. The number of aryl methyl sites for hydroxylation is 1. The van der Waals surface area contributed by atoms with Crippen molar-refractivity contribution in [2.45, 2.75) is 25.7 Å². The second-order valence-electron chi connectivity index (χ2n) is 5.69. The van der Waals surface area contributed by atoms with Gasteiger partial charge in [-0.2, -0.15) is 4.98 Å². The quantitative estimate of drug-likeness (QED) is 0.791. The van der Waals surface area contributed by atoms with Crippen LogP contribution in [0.2, 0.25) is 0 Å². The predicted molar refractivity (Wildman–Crippen MR) is 89.5 cm³/mol. The van der Waals surface area contributed by atoms with Gasteiger partial charge in [-0.05, 0) is 0 Å². The van der Waals surface area contributed by atoms with Crippen molar-refractivity contribution in [3.8, 4) is 17.2 Å². The molecule has 1 saturated heterocycles. The zero-order chi connectivity index (χ0) is 18.0. The summed E-state index contributed by atoms with van der Waals surface area (Å²) in [6, 6.07) is 3.51. The maximum atomic E-state index is 12.5. The zero-order valence-electron chi connectivity index (χ0n) is 14.7. The first-order valence-electron chi connectivity index (χ1n) is 8.04. The summed E-state index contributed by atoms with van der Waals surface area (Å²) < 4.78 is 21.3. The van der Waals surface area contributed by atoms with E-state index in [0.29, 0.717) is 54.0 Å². The van der Waals surface area contributed by atoms with Crippen LogP contribution in [0.15, 0.2) is 16.7 Å². The molecule has 8 nitrogen and oxygen atoms in total. The molecule has 1 aromatic heterocycles. The highest BCUT2D eigenvalue weighted by atomic mass is 16.5. The van der Waals surface area contributed by atoms with Gasteiger partial charge in [-0.1, -0.05) is 12.1 Å². The van der Waals surface area contributed by atoms with Gasteiger partial charge in [0.05, 0.1) is 32.9 Å². The minimum absolute atomic E-state index is 0.0180.